The molecule has 0 radical (unpaired) electrons. The summed E-state index contributed by atoms with van der Waals surface area (Å²) in [7, 11) is 0. The lowest BCUT2D eigenvalue weighted by Gasteiger charge is -2.13. The van der Waals surface area contributed by atoms with E-state index in [1.807, 2.05) is 0 Å². The number of nitro benzene ring substituents is 1. The van der Waals surface area contributed by atoms with E-state index in [9.17, 15) is 15.2 Å². The second-order valence-electron chi connectivity index (χ2n) is 3.60. The Morgan fingerprint density at radius 2 is 2.12 bits per heavy atom. The summed E-state index contributed by atoms with van der Waals surface area (Å²) in [6, 6.07) is 6.25. The van der Waals surface area contributed by atoms with E-state index < -0.39 is 4.92 Å². The number of non-ortho nitro benzene ring substituents is 1. The maximum Gasteiger partial charge on any atom is 0.269 e. The number of nitro groups is 1. The van der Waals surface area contributed by atoms with Crippen LogP contribution in [0, 0.1) is 10.1 Å². The van der Waals surface area contributed by atoms with E-state index in [1.165, 1.54) is 12.1 Å². The van der Waals surface area contributed by atoms with Crippen molar-refractivity contribution in [1.29, 1.82) is 0 Å². The zero-order valence-electron chi connectivity index (χ0n) is 8.87. The van der Waals surface area contributed by atoms with Crippen LogP contribution in [0.4, 0.5) is 5.69 Å². The normalized spacial score (nSPS) is 12.4. The van der Waals surface area contributed by atoms with Gasteiger partial charge in [0.15, 0.2) is 0 Å². The van der Waals surface area contributed by atoms with Crippen LogP contribution in [0.5, 0.6) is 0 Å². The van der Waals surface area contributed by atoms with Crippen molar-refractivity contribution in [2.45, 2.75) is 18.8 Å². The zero-order valence-corrected chi connectivity index (χ0v) is 8.87. The fourth-order valence-electron chi connectivity index (χ4n) is 1.59. The van der Waals surface area contributed by atoms with E-state index in [0.717, 1.165) is 5.56 Å². The third kappa shape index (κ3) is 3.29. The van der Waals surface area contributed by atoms with E-state index in [-0.39, 0.29) is 24.8 Å². The number of aliphatic hydroxyl groups excluding tert-OH is 2. The maximum atomic E-state index is 10.6. The average Bonchev–Trinajstić information content (AvgIpc) is 2.30. The summed E-state index contributed by atoms with van der Waals surface area (Å²) in [5, 5.41) is 28.5. The molecule has 2 N–H and O–H groups in total. The smallest absolute Gasteiger partial charge is 0.269 e. The first-order valence-electron chi connectivity index (χ1n) is 5.15. The van der Waals surface area contributed by atoms with Crippen LogP contribution in [0.1, 0.15) is 24.3 Å². The molecule has 1 rings (SSSR count). The Bertz CT molecular complexity index is 354. The SMILES string of the molecule is O=[N+]([O-])c1cccc(C(CO)CCCO)c1. The van der Waals surface area contributed by atoms with Gasteiger partial charge in [-0.25, -0.2) is 0 Å². The second-order valence-corrected chi connectivity index (χ2v) is 3.60. The van der Waals surface area contributed by atoms with Gasteiger partial charge in [0.25, 0.3) is 5.69 Å². The van der Waals surface area contributed by atoms with Gasteiger partial charge in [-0.3, -0.25) is 10.1 Å². The minimum absolute atomic E-state index is 0.0277. The number of hydrogen-bond donors (Lipinski definition) is 2. The van der Waals surface area contributed by atoms with E-state index in [0.29, 0.717) is 12.8 Å². The molecule has 0 spiro atoms. The van der Waals surface area contributed by atoms with Gasteiger partial charge < -0.3 is 10.2 Å². The van der Waals surface area contributed by atoms with Crippen LogP contribution in [0.2, 0.25) is 0 Å². The quantitative estimate of drug-likeness (QED) is 0.566. The molecule has 5 nitrogen and oxygen atoms in total. The standard InChI is InChI=1S/C11H15NO4/c13-6-2-4-10(8-14)9-3-1-5-11(7-9)12(15)16/h1,3,5,7,10,13-14H,2,4,6,8H2. The lowest BCUT2D eigenvalue weighted by atomic mass is 9.95. The summed E-state index contributed by atoms with van der Waals surface area (Å²) in [6.45, 7) is -0.00735. The molecule has 0 fully saturated rings. The zero-order chi connectivity index (χ0) is 12.0. The molecule has 1 atom stereocenters. The van der Waals surface area contributed by atoms with E-state index >= 15 is 0 Å². The topological polar surface area (TPSA) is 83.6 Å². The molecule has 5 heteroatoms. The summed E-state index contributed by atoms with van der Waals surface area (Å²) >= 11 is 0. The number of hydrogen-bond acceptors (Lipinski definition) is 4. The molecule has 1 aromatic rings. The number of benzene rings is 1. The predicted molar refractivity (Wildman–Crippen MR) is 59.2 cm³/mol. The van der Waals surface area contributed by atoms with E-state index in [1.54, 1.807) is 12.1 Å². The Morgan fingerprint density at radius 3 is 2.69 bits per heavy atom. The van der Waals surface area contributed by atoms with E-state index in [2.05, 4.69) is 0 Å². The minimum Gasteiger partial charge on any atom is -0.396 e. The fraction of sp³-hybridized carbons (Fsp3) is 0.455. The van der Waals surface area contributed by atoms with Crippen molar-refractivity contribution in [1.82, 2.24) is 0 Å². The largest absolute Gasteiger partial charge is 0.396 e. The highest BCUT2D eigenvalue weighted by molar-refractivity contribution is 5.36. The molecule has 0 aliphatic carbocycles. The summed E-state index contributed by atoms with van der Waals surface area (Å²) < 4.78 is 0. The lowest BCUT2D eigenvalue weighted by Crippen LogP contribution is -2.05. The minimum atomic E-state index is -0.454. The van der Waals surface area contributed by atoms with Gasteiger partial charge in [0.2, 0.25) is 0 Å². The molecular formula is C11H15NO4. The highest BCUT2D eigenvalue weighted by atomic mass is 16.6. The third-order valence-electron chi connectivity index (χ3n) is 2.48. The number of aliphatic hydroxyl groups is 2. The Kier molecular flexibility index (Phi) is 4.88. The summed E-state index contributed by atoms with van der Waals surface area (Å²) in [4.78, 5) is 10.1. The Hall–Kier alpha value is -1.46. The van der Waals surface area contributed by atoms with Crippen LogP contribution in [0.3, 0.4) is 0 Å². The first kappa shape index (κ1) is 12.6. The van der Waals surface area contributed by atoms with Crippen LogP contribution in [0.25, 0.3) is 0 Å². The Morgan fingerprint density at radius 1 is 1.38 bits per heavy atom. The Labute approximate surface area is 93.5 Å². The van der Waals surface area contributed by atoms with E-state index in [4.69, 9.17) is 5.11 Å². The van der Waals surface area contributed by atoms with Crippen molar-refractivity contribution in [2.24, 2.45) is 0 Å². The van der Waals surface area contributed by atoms with Crippen LogP contribution < -0.4 is 0 Å². The van der Waals surface area contributed by atoms with Crippen molar-refractivity contribution in [3.05, 3.63) is 39.9 Å². The fourth-order valence-corrected chi connectivity index (χ4v) is 1.59. The van der Waals surface area contributed by atoms with Crippen molar-refractivity contribution in [3.63, 3.8) is 0 Å². The van der Waals surface area contributed by atoms with Crippen LogP contribution in [0.15, 0.2) is 24.3 Å². The van der Waals surface area contributed by atoms with Crippen LogP contribution in [-0.4, -0.2) is 28.4 Å². The Balaban J connectivity index is 2.83. The predicted octanol–water partition coefficient (Wildman–Crippen LogP) is 1.44. The molecule has 0 saturated carbocycles. The molecule has 16 heavy (non-hydrogen) atoms. The average molecular weight is 225 g/mol. The number of nitrogens with zero attached hydrogens (tertiary/aromatic N) is 1. The molecule has 0 bridgehead atoms. The lowest BCUT2D eigenvalue weighted by molar-refractivity contribution is -0.384. The third-order valence-corrected chi connectivity index (χ3v) is 2.48. The van der Waals surface area contributed by atoms with Crippen LogP contribution >= 0.6 is 0 Å². The molecule has 0 saturated heterocycles. The summed E-state index contributed by atoms with van der Waals surface area (Å²) in [6.07, 6.45) is 1.20. The molecule has 88 valence electrons. The molecule has 0 aromatic heterocycles. The molecule has 0 aliphatic rings. The van der Waals surface area contributed by atoms with Gasteiger partial charge in [-0.1, -0.05) is 12.1 Å². The summed E-state index contributed by atoms with van der Waals surface area (Å²) in [5.41, 5.74) is 0.769. The number of rotatable bonds is 6. The van der Waals surface area contributed by atoms with Gasteiger partial charge >= 0.3 is 0 Å². The molecule has 0 aliphatic heterocycles. The molecule has 1 aromatic carbocycles. The first-order valence-corrected chi connectivity index (χ1v) is 5.15. The molecular weight excluding hydrogens is 210 g/mol. The first-order chi connectivity index (χ1) is 7.69. The van der Waals surface area contributed by atoms with Gasteiger partial charge in [-0.15, -0.1) is 0 Å². The van der Waals surface area contributed by atoms with Gasteiger partial charge in [0.05, 0.1) is 4.92 Å². The van der Waals surface area contributed by atoms with Gasteiger partial charge in [-0.2, -0.15) is 0 Å². The maximum absolute atomic E-state index is 10.6. The second kappa shape index (κ2) is 6.19. The van der Waals surface area contributed by atoms with Gasteiger partial charge in [-0.05, 0) is 18.4 Å². The van der Waals surface area contributed by atoms with Gasteiger partial charge in [0.1, 0.15) is 0 Å². The van der Waals surface area contributed by atoms with Crippen molar-refractivity contribution in [2.75, 3.05) is 13.2 Å². The molecule has 0 heterocycles. The van der Waals surface area contributed by atoms with Crippen molar-refractivity contribution >= 4 is 5.69 Å². The van der Waals surface area contributed by atoms with Crippen molar-refractivity contribution < 1.29 is 15.1 Å². The van der Waals surface area contributed by atoms with Gasteiger partial charge in [0, 0.05) is 31.3 Å². The highest BCUT2D eigenvalue weighted by Gasteiger charge is 2.13. The molecule has 0 amide bonds. The van der Waals surface area contributed by atoms with Crippen LogP contribution in [-0.2, 0) is 0 Å². The molecule has 1 unspecified atom stereocenters. The summed E-state index contributed by atoms with van der Waals surface area (Å²) in [5.74, 6) is -0.146. The van der Waals surface area contributed by atoms with Crippen molar-refractivity contribution in [3.8, 4) is 0 Å². The highest BCUT2D eigenvalue weighted by Crippen LogP contribution is 2.24. The monoisotopic (exact) mass is 225 g/mol.